The number of halogens is 2. The topological polar surface area (TPSA) is 30.3 Å². The largest absolute Gasteiger partial charge is 0.368 e. The molecule has 0 aromatic heterocycles. The highest BCUT2D eigenvalue weighted by Gasteiger charge is 2.24. The second-order valence-electron chi connectivity index (χ2n) is 5.04. The summed E-state index contributed by atoms with van der Waals surface area (Å²) in [5.74, 6) is -1.99. The number of anilines is 1. The van der Waals surface area contributed by atoms with Gasteiger partial charge in [0.25, 0.3) is 0 Å². The molecular weight excluding hydrogens is 248 g/mol. The Morgan fingerprint density at radius 2 is 2.11 bits per heavy atom. The van der Waals surface area contributed by atoms with Gasteiger partial charge in [0, 0.05) is 19.6 Å². The van der Waals surface area contributed by atoms with Gasteiger partial charge in [0.15, 0.2) is 11.6 Å². The molecule has 0 radical (unpaired) electrons. The smallest absolute Gasteiger partial charge is 0.183 e. The standard InChI is InChI=1S/C14H17F2N3/c1-18-7-3-4-11(9-18)19(2)12-6-5-10(8-17)13(15)14(12)16/h5-6,11H,3-4,7,9H2,1-2H3. The average Bonchev–Trinajstić information content (AvgIpc) is 2.41. The molecule has 1 fully saturated rings. The Morgan fingerprint density at radius 1 is 1.37 bits per heavy atom. The number of likely N-dealkylation sites (N-methyl/N-ethyl adjacent to an activating group) is 2. The Bertz CT molecular complexity index is 510. The van der Waals surface area contributed by atoms with Crippen molar-refractivity contribution in [3.63, 3.8) is 0 Å². The molecule has 2 rings (SSSR count). The van der Waals surface area contributed by atoms with E-state index in [0.29, 0.717) is 0 Å². The van der Waals surface area contributed by atoms with Gasteiger partial charge in [0.2, 0.25) is 0 Å². The summed E-state index contributed by atoms with van der Waals surface area (Å²) in [4.78, 5) is 3.96. The molecule has 0 aliphatic carbocycles. The first-order valence-corrected chi connectivity index (χ1v) is 6.34. The van der Waals surface area contributed by atoms with Crippen molar-refractivity contribution in [3.8, 4) is 6.07 Å². The minimum atomic E-state index is -1.06. The van der Waals surface area contributed by atoms with Crippen LogP contribution in [0.15, 0.2) is 12.1 Å². The molecule has 0 saturated carbocycles. The number of piperidine rings is 1. The van der Waals surface area contributed by atoms with Crippen LogP contribution in [0.25, 0.3) is 0 Å². The Morgan fingerprint density at radius 3 is 2.74 bits per heavy atom. The maximum Gasteiger partial charge on any atom is 0.183 e. The molecule has 0 amide bonds. The predicted molar refractivity (Wildman–Crippen MR) is 70.0 cm³/mol. The van der Waals surface area contributed by atoms with Crippen LogP contribution >= 0.6 is 0 Å². The van der Waals surface area contributed by atoms with Crippen LogP contribution in [0.3, 0.4) is 0 Å². The van der Waals surface area contributed by atoms with Crippen molar-refractivity contribution in [2.45, 2.75) is 18.9 Å². The molecule has 1 saturated heterocycles. The van der Waals surface area contributed by atoms with Crippen LogP contribution in [-0.4, -0.2) is 38.1 Å². The van der Waals surface area contributed by atoms with Gasteiger partial charge in [-0.05, 0) is 38.6 Å². The van der Waals surface area contributed by atoms with Gasteiger partial charge in [-0.2, -0.15) is 5.26 Å². The highest BCUT2D eigenvalue weighted by Crippen LogP contribution is 2.26. The molecule has 3 nitrogen and oxygen atoms in total. The molecule has 1 aromatic rings. The van der Waals surface area contributed by atoms with Crippen LogP contribution in [0.4, 0.5) is 14.5 Å². The lowest BCUT2D eigenvalue weighted by atomic mass is 10.0. The first-order chi connectivity index (χ1) is 9.04. The Labute approximate surface area is 112 Å². The number of hydrogen-bond donors (Lipinski definition) is 0. The van der Waals surface area contributed by atoms with Crippen molar-refractivity contribution in [1.29, 1.82) is 5.26 Å². The minimum Gasteiger partial charge on any atom is -0.368 e. The molecule has 19 heavy (non-hydrogen) atoms. The molecule has 0 bridgehead atoms. The van der Waals surface area contributed by atoms with Gasteiger partial charge in [-0.3, -0.25) is 0 Å². The van der Waals surface area contributed by atoms with Gasteiger partial charge < -0.3 is 9.80 Å². The number of rotatable bonds is 2. The molecule has 1 aromatic carbocycles. The van der Waals surface area contributed by atoms with Gasteiger partial charge >= 0.3 is 0 Å². The zero-order valence-corrected chi connectivity index (χ0v) is 11.2. The number of hydrogen-bond acceptors (Lipinski definition) is 3. The van der Waals surface area contributed by atoms with Crippen LogP contribution in [-0.2, 0) is 0 Å². The molecule has 1 aliphatic rings. The normalized spacial score (nSPS) is 20.1. The summed E-state index contributed by atoms with van der Waals surface area (Å²) in [6, 6.07) is 4.62. The van der Waals surface area contributed by atoms with Crippen LogP contribution in [0.5, 0.6) is 0 Å². The van der Waals surface area contributed by atoms with E-state index in [4.69, 9.17) is 5.26 Å². The predicted octanol–water partition coefficient (Wildman–Crippen LogP) is 2.37. The lowest BCUT2D eigenvalue weighted by molar-refractivity contribution is 0.247. The molecule has 1 heterocycles. The lowest BCUT2D eigenvalue weighted by Crippen LogP contribution is -2.45. The quantitative estimate of drug-likeness (QED) is 0.822. The fourth-order valence-corrected chi connectivity index (χ4v) is 2.55. The number of likely N-dealkylation sites (tertiary alicyclic amines) is 1. The van der Waals surface area contributed by atoms with E-state index in [1.807, 2.05) is 7.05 Å². The third kappa shape index (κ3) is 2.69. The second kappa shape index (κ2) is 5.54. The Hall–Kier alpha value is -1.67. The molecule has 5 heteroatoms. The van der Waals surface area contributed by atoms with E-state index < -0.39 is 11.6 Å². The Balaban J connectivity index is 2.26. The highest BCUT2D eigenvalue weighted by atomic mass is 19.2. The van der Waals surface area contributed by atoms with Crippen molar-refractivity contribution in [3.05, 3.63) is 29.3 Å². The van der Waals surface area contributed by atoms with Crippen molar-refractivity contribution >= 4 is 5.69 Å². The zero-order chi connectivity index (χ0) is 14.0. The van der Waals surface area contributed by atoms with E-state index in [2.05, 4.69) is 4.90 Å². The Kier molecular flexibility index (Phi) is 4.01. The monoisotopic (exact) mass is 265 g/mol. The first kappa shape index (κ1) is 13.8. The zero-order valence-electron chi connectivity index (χ0n) is 11.2. The van der Waals surface area contributed by atoms with Crippen LogP contribution < -0.4 is 4.90 Å². The minimum absolute atomic E-state index is 0.167. The second-order valence-corrected chi connectivity index (χ2v) is 5.04. The maximum atomic E-state index is 14.0. The van der Waals surface area contributed by atoms with E-state index in [-0.39, 0.29) is 17.3 Å². The molecule has 102 valence electrons. The van der Waals surface area contributed by atoms with E-state index in [1.54, 1.807) is 18.0 Å². The van der Waals surface area contributed by atoms with Crippen molar-refractivity contribution in [2.24, 2.45) is 0 Å². The van der Waals surface area contributed by atoms with Crippen molar-refractivity contribution in [2.75, 3.05) is 32.1 Å². The average molecular weight is 265 g/mol. The summed E-state index contributed by atoms with van der Waals surface area (Å²) in [5, 5.41) is 8.68. The van der Waals surface area contributed by atoms with Crippen LogP contribution in [0, 0.1) is 23.0 Å². The van der Waals surface area contributed by atoms with E-state index in [1.165, 1.54) is 12.1 Å². The van der Waals surface area contributed by atoms with Crippen molar-refractivity contribution in [1.82, 2.24) is 4.90 Å². The number of benzene rings is 1. The molecule has 0 N–H and O–H groups in total. The van der Waals surface area contributed by atoms with E-state index in [9.17, 15) is 8.78 Å². The maximum absolute atomic E-state index is 14.0. The molecule has 1 atom stereocenters. The fraction of sp³-hybridized carbons (Fsp3) is 0.500. The van der Waals surface area contributed by atoms with Gasteiger partial charge in [-0.15, -0.1) is 0 Å². The summed E-state index contributed by atoms with van der Waals surface area (Å²) in [7, 11) is 3.80. The van der Waals surface area contributed by atoms with E-state index in [0.717, 1.165) is 25.9 Å². The SMILES string of the molecule is CN1CCCC(N(C)c2ccc(C#N)c(F)c2F)C1. The van der Waals surface area contributed by atoms with Gasteiger partial charge in [-0.1, -0.05) is 0 Å². The number of nitrogens with zero attached hydrogens (tertiary/aromatic N) is 3. The van der Waals surface area contributed by atoms with Gasteiger partial charge in [0.05, 0.1) is 11.3 Å². The fourth-order valence-electron chi connectivity index (χ4n) is 2.55. The highest BCUT2D eigenvalue weighted by molar-refractivity contribution is 5.52. The molecule has 0 spiro atoms. The van der Waals surface area contributed by atoms with Crippen LogP contribution in [0.1, 0.15) is 18.4 Å². The van der Waals surface area contributed by atoms with Gasteiger partial charge in [-0.25, -0.2) is 8.78 Å². The molecule has 1 aliphatic heterocycles. The molecule has 1 unspecified atom stereocenters. The molecular formula is C14H17F2N3. The first-order valence-electron chi connectivity index (χ1n) is 6.34. The van der Waals surface area contributed by atoms with Crippen LogP contribution in [0.2, 0.25) is 0 Å². The summed E-state index contributed by atoms with van der Waals surface area (Å²) in [5.41, 5.74) is -0.0350. The third-order valence-corrected chi connectivity index (χ3v) is 3.71. The summed E-state index contributed by atoms with van der Waals surface area (Å²) in [6.45, 7) is 1.87. The summed E-state index contributed by atoms with van der Waals surface area (Å²) < 4.78 is 27.6. The van der Waals surface area contributed by atoms with E-state index >= 15 is 0 Å². The third-order valence-electron chi connectivity index (χ3n) is 3.71. The number of nitriles is 1. The lowest BCUT2D eigenvalue weighted by Gasteiger charge is -2.37. The van der Waals surface area contributed by atoms with Crippen molar-refractivity contribution < 1.29 is 8.78 Å². The summed E-state index contributed by atoms with van der Waals surface area (Å²) in [6.07, 6.45) is 2.01. The summed E-state index contributed by atoms with van der Waals surface area (Å²) >= 11 is 0. The van der Waals surface area contributed by atoms with Gasteiger partial charge in [0.1, 0.15) is 6.07 Å².